The molecule has 0 atom stereocenters. The van der Waals surface area contributed by atoms with E-state index in [9.17, 15) is 0 Å². The molecule has 20 heavy (non-hydrogen) atoms. The molecule has 0 unspecified atom stereocenters. The molecule has 2 rings (SSSR count). The molecule has 0 fully saturated rings. The van der Waals surface area contributed by atoms with Gasteiger partial charge in [-0.1, -0.05) is 5.21 Å². The fourth-order valence-corrected chi connectivity index (χ4v) is 1.72. The van der Waals surface area contributed by atoms with E-state index in [1.807, 2.05) is 37.4 Å². The highest BCUT2D eigenvalue weighted by atomic mass is 16.5. The molecule has 1 N–H and O–H groups in total. The number of nitrogens with one attached hydrogen (secondary N) is 1. The SMILES string of the molecule is CCOc1ccc(-n2cc(CNC(C)(C)C)nn2)cc1. The van der Waals surface area contributed by atoms with Crippen LogP contribution in [0.1, 0.15) is 33.4 Å². The van der Waals surface area contributed by atoms with Crippen LogP contribution in [0.4, 0.5) is 0 Å². The zero-order valence-corrected chi connectivity index (χ0v) is 12.6. The van der Waals surface area contributed by atoms with Crippen LogP contribution in [0, 0.1) is 0 Å². The Balaban J connectivity index is 2.04. The molecule has 0 saturated heterocycles. The lowest BCUT2D eigenvalue weighted by atomic mass is 10.1. The summed E-state index contributed by atoms with van der Waals surface area (Å²) in [5.41, 5.74) is 1.97. The maximum atomic E-state index is 5.42. The van der Waals surface area contributed by atoms with Crippen molar-refractivity contribution in [3.63, 3.8) is 0 Å². The van der Waals surface area contributed by atoms with Crippen molar-refractivity contribution in [2.45, 2.75) is 39.8 Å². The molecule has 0 aliphatic rings. The summed E-state index contributed by atoms with van der Waals surface area (Å²) in [7, 11) is 0. The second-order valence-corrected chi connectivity index (χ2v) is 5.68. The lowest BCUT2D eigenvalue weighted by molar-refractivity contribution is 0.340. The van der Waals surface area contributed by atoms with Gasteiger partial charge in [-0.05, 0) is 52.0 Å². The minimum absolute atomic E-state index is 0.0723. The molecule has 1 heterocycles. The molecule has 0 aliphatic heterocycles. The largest absolute Gasteiger partial charge is 0.494 e. The van der Waals surface area contributed by atoms with E-state index >= 15 is 0 Å². The summed E-state index contributed by atoms with van der Waals surface area (Å²) >= 11 is 0. The molecule has 1 aromatic heterocycles. The van der Waals surface area contributed by atoms with Gasteiger partial charge in [0.25, 0.3) is 0 Å². The van der Waals surface area contributed by atoms with Crippen molar-refractivity contribution in [2.24, 2.45) is 0 Å². The smallest absolute Gasteiger partial charge is 0.119 e. The molecular weight excluding hydrogens is 252 g/mol. The molecule has 108 valence electrons. The summed E-state index contributed by atoms with van der Waals surface area (Å²) < 4.78 is 7.20. The van der Waals surface area contributed by atoms with Gasteiger partial charge in [0.1, 0.15) is 5.75 Å². The Kier molecular flexibility index (Phi) is 4.39. The van der Waals surface area contributed by atoms with Crippen molar-refractivity contribution in [3.05, 3.63) is 36.2 Å². The van der Waals surface area contributed by atoms with Gasteiger partial charge in [0.15, 0.2) is 0 Å². The molecule has 5 heteroatoms. The van der Waals surface area contributed by atoms with Gasteiger partial charge in [-0.25, -0.2) is 4.68 Å². The average Bonchev–Trinajstić information content (AvgIpc) is 2.86. The standard InChI is InChI=1S/C15H22N4O/c1-5-20-14-8-6-13(7-9-14)19-11-12(17-18-19)10-16-15(2,3)4/h6-9,11,16H,5,10H2,1-4H3. The molecule has 0 spiro atoms. The van der Waals surface area contributed by atoms with Crippen LogP contribution in [-0.2, 0) is 6.54 Å². The summed E-state index contributed by atoms with van der Waals surface area (Å²) in [6.45, 7) is 9.74. The molecular formula is C15H22N4O. The van der Waals surface area contributed by atoms with Crippen LogP contribution < -0.4 is 10.1 Å². The van der Waals surface area contributed by atoms with E-state index in [2.05, 4.69) is 36.4 Å². The van der Waals surface area contributed by atoms with Crippen LogP contribution in [0.3, 0.4) is 0 Å². The molecule has 0 amide bonds. The normalized spacial score (nSPS) is 11.6. The van der Waals surface area contributed by atoms with E-state index in [1.165, 1.54) is 0 Å². The predicted octanol–water partition coefficient (Wildman–Crippen LogP) is 2.55. The number of aromatic nitrogens is 3. The first kappa shape index (κ1) is 14.5. The van der Waals surface area contributed by atoms with Gasteiger partial charge in [-0.3, -0.25) is 0 Å². The second kappa shape index (κ2) is 6.05. The van der Waals surface area contributed by atoms with E-state index < -0.39 is 0 Å². The molecule has 0 radical (unpaired) electrons. The summed E-state index contributed by atoms with van der Waals surface area (Å²) in [4.78, 5) is 0. The highest BCUT2D eigenvalue weighted by molar-refractivity contribution is 5.36. The number of hydrogen-bond acceptors (Lipinski definition) is 4. The van der Waals surface area contributed by atoms with Crippen molar-refractivity contribution < 1.29 is 4.74 Å². The Labute approximate surface area is 120 Å². The number of rotatable bonds is 5. The summed E-state index contributed by atoms with van der Waals surface area (Å²) in [6.07, 6.45) is 1.94. The molecule has 1 aromatic carbocycles. The lowest BCUT2D eigenvalue weighted by Gasteiger charge is -2.19. The van der Waals surface area contributed by atoms with Crippen molar-refractivity contribution in [2.75, 3.05) is 6.61 Å². The predicted molar refractivity (Wildman–Crippen MR) is 79.1 cm³/mol. The molecule has 0 saturated carbocycles. The monoisotopic (exact) mass is 274 g/mol. The van der Waals surface area contributed by atoms with Crippen LogP contribution in [0.15, 0.2) is 30.5 Å². The number of benzene rings is 1. The third-order valence-corrected chi connectivity index (χ3v) is 2.75. The fourth-order valence-electron chi connectivity index (χ4n) is 1.72. The molecule has 2 aromatic rings. The Morgan fingerprint density at radius 3 is 2.50 bits per heavy atom. The fraction of sp³-hybridized carbons (Fsp3) is 0.467. The third-order valence-electron chi connectivity index (χ3n) is 2.75. The lowest BCUT2D eigenvalue weighted by Crippen LogP contribution is -2.35. The van der Waals surface area contributed by atoms with Gasteiger partial charge in [0.05, 0.1) is 24.2 Å². The first-order valence-corrected chi connectivity index (χ1v) is 6.87. The second-order valence-electron chi connectivity index (χ2n) is 5.68. The summed E-state index contributed by atoms with van der Waals surface area (Å²) in [5.74, 6) is 0.867. The zero-order valence-electron chi connectivity index (χ0n) is 12.6. The minimum Gasteiger partial charge on any atom is -0.494 e. The topological polar surface area (TPSA) is 52.0 Å². The Morgan fingerprint density at radius 2 is 1.90 bits per heavy atom. The first-order chi connectivity index (χ1) is 9.48. The van der Waals surface area contributed by atoms with Gasteiger partial charge < -0.3 is 10.1 Å². The number of hydrogen-bond donors (Lipinski definition) is 1. The Bertz CT molecular complexity index is 540. The zero-order chi connectivity index (χ0) is 14.6. The van der Waals surface area contributed by atoms with E-state index in [1.54, 1.807) is 4.68 Å². The van der Waals surface area contributed by atoms with Crippen LogP contribution in [0.5, 0.6) is 5.75 Å². The van der Waals surface area contributed by atoms with E-state index in [4.69, 9.17) is 4.74 Å². The van der Waals surface area contributed by atoms with Crippen molar-refractivity contribution >= 4 is 0 Å². The maximum Gasteiger partial charge on any atom is 0.119 e. The Morgan fingerprint density at radius 1 is 1.20 bits per heavy atom. The van der Waals surface area contributed by atoms with Crippen molar-refractivity contribution in [3.8, 4) is 11.4 Å². The van der Waals surface area contributed by atoms with Crippen LogP contribution in [0.25, 0.3) is 5.69 Å². The number of ether oxygens (including phenoxy) is 1. The highest BCUT2D eigenvalue weighted by Gasteiger charge is 2.10. The van der Waals surface area contributed by atoms with Gasteiger partial charge in [-0.2, -0.15) is 0 Å². The minimum atomic E-state index is 0.0723. The highest BCUT2D eigenvalue weighted by Crippen LogP contribution is 2.14. The van der Waals surface area contributed by atoms with Gasteiger partial charge in [0.2, 0.25) is 0 Å². The summed E-state index contributed by atoms with van der Waals surface area (Å²) in [5, 5.41) is 11.7. The van der Waals surface area contributed by atoms with E-state index in [0.717, 1.165) is 17.1 Å². The van der Waals surface area contributed by atoms with Crippen molar-refractivity contribution in [1.29, 1.82) is 0 Å². The number of nitrogens with zero attached hydrogens (tertiary/aromatic N) is 3. The Hall–Kier alpha value is -1.88. The van der Waals surface area contributed by atoms with Gasteiger partial charge in [0, 0.05) is 12.1 Å². The van der Waals surface area contributed by atoms with Crippen molar-refractivity contribution in [1.82, 2.24) is 20.3 Å². The average molecular weight is 274 g/mol. The third kappa shape index (κ3) is 4.06. The molecule has 5 nitrogen and oxygen atoms in total. The molecule has 0 bridgehead atoms. The summed E-state index contributed by atoms with van der Waals surface area (Å²) in [6, 6.07) is 7.82. The maximum absolute atomic E-state index is 5.42. The van der Waals surface area contributed by atoms with Crippen LogP contribution >= 0.6 is 0 Å². The van der Waals surface area contributed by atoms with Gasteiger partial charge >= 0.3 is 0 Å². The quantitative estimate of drug-likeness (QED) is 0.910. The molecule has 0 aliphatic carbocycles. The first-order valence-electron chi connectivity index (χ1n) is 6.87. The van der Waals surface area contributed by atoms with E-state index in [0.29, 0.717) is 13.2 Å². The van der Waals surface area contributed by atoms with Crippen LogP contribution in [0.2, 0.25) is 0 Å². The van der Waals surface area contributed by atoms with E-state index in [-0.39, 0.29) is 5.54 Å². The van der Waals surface area contributed by atoms with Gasteiger partial charge in [-0.15, -0.1) is 5.10 Å². The van der Waals surface area contributed by atoms with Crippen LogP contribution in [-0.4, -0.2) is 27.1 Å².